The molecule has 3 aromatic heterocycles. The second-order valence-corrected chi connectivity index (χ2v) is 7.54. The molecule has 9 nitrogen and oxygen atoms in total. The van der Waals surface area contributed by atoms with Crippen LogP contribution in [0.5, 0.6) is 11.8 Å². The van der Waals surface area contributed by atoms with E-state index in [2.05, 4.69) is 9.97 Å². The van der Waals surface area contributed by atoms with E-state index in [1.165, 1.54) is 38.6 Å². The van der Waals surface area contributed by atoms with Crippen molar-refractivity contribution in [1.29, 1.82) is 0 Å². The molecule has 0 saturated carbocycles. The number of sulfonamides is 1. The van der Waals surface area contributed by atoms with Gasteiger partial charge in [-0.15, -0.1) is 0 Å². The third-order valence-corrected chi connectivity index (χ3v) is 4.84. The zero-order valence-corrected chi connectivity index (χ0v) is 16.3. The fourth-order valence-electron chi connectivity index (χ4n) is 2.54. The van der Waals surface area contributed by atoms with Gasteiger partial charge in [0.05, 0.1) is 26.0 Å². The number of hydrogen-bond acceptors (Lipinski definition) is 7. The number of ether oxygens (including phenoxy) is 2. The highest BCUT2D eigenvalue weighted by Gasteiger charge is 2.30. The van der Waals surface area contributed by atoms with Gasteiger partial charge in [-0.1, -0.05) is 0 Å². The van der Waals surface area contributed by atoms with Gasteiger partial charge >= 0.3 is 0 Å². The molecular formula is C18H18N4O5S. The van der Waals surface area contributed by atoms with Crippen LogP contribution in [0.4, 0.5) is 5.69 Å². The maximum absolute atomic E-state index is 13.0. The van der Waals surface area contributed by atoms with Crippen molar-refractivity contribution in [3.05, 3.63) is 60.6 Å². The van der Waals surface area contributed by atoms with Crippen LogP contribution in [0.15, 0.2) is 55.0 Å². The molecule has 28 heavy (non-hydrogen) atoms. The zero-order valence-electron chi connectivity index (χ0n) is 15.4. The predicted octanol–water partition coefficient (Wildman–Crippen LogP) is 1.89. The molecule has 0 N–H and O–H groups in total. The van der Waals surface area contributed by atoms with Crippen molar-refractivity contribution in [1.82, 2.24) is 14.5 Å². The highest BCUT2D eigenvalue weighted by molar-refractivity contribution is 7.92. The Hall–Kier alpha value is -3.40. The van der Waals surface area contributed by atoms with Crippen molar-refractivity contribution in [3.63, 3.8) is 0 Å². The highest BCUT2D eigenvalue weighted by Crippen LogP contribution is 2.31. The van der Waals surface area contributed by atoms with Crippen LogP contribution >= 0.6 is 0 Å². The number of aromatic nitrogens is 3. The van der Waals surface area contributed by atoms with Crippen LogP contribution in [0, 0.1) is 0 Å². The summed E-state index contributed by atoms with van der Waals surface area (Å²) in [5.41, 5.74) is 0.0736. The Kier molecular flexibility index (Phi) is 5.32. The summed E-state index contributed by atoms with van der Waals surface area (Å²) in [6.45, 7) is 0. The van der Waals surface area contributed by atoms with Gasteiger partial charge in [0, 0.05) is 24.7 Å². The molecule has 0 saturated heterocycles. The van der Waals surface area contributed by atoms with Crippen LogP contribution in [0.1, 0.15) is 10.4 Å². The topological polar surface area (TPSA) is 104 Å². The molecule has 0 spiro atoms. The standard InChI is InChI=1S/C18H18N4O5S/c1-26-16-9-7-14(17(20-16)27-2)22(28(3,24)25)18(23)13-6-8-15(19-12-13)21-10-4-5-11-21/h4-12H,1-3H3. The molecule has 3 rings (SSSR count). The summed E-state index contributed by atoms with van der Waals surface area (Å²) < 4.78 is 37.3. The summed E-state index contributed by atoms with van der Waals surface area (Å²) in [6, 6.07) is 9.65. The monoisotopic (exact) mass is 402 g/mol. The van der Waals surface area contributed by atoms with Crippen molar-refractivity contribution < 1.29 is 22.7 Å². The lowest BCUT2D eigenvalue weighted by Gasteiger charge is -2.22. The van der Waals surface area contributed by atoms with Crippen LogP contribution in [0.2, 0.25) is 0 Å². The summed E-state index contributed by atoms with van der Waals surface area (Å²) >= 11 is 0. The first kappa shape index (κ1) is 19.4. The first-order valence-corrected chi connectivity index (χ1v) is 9.93. The molecule has 0 aliphatic heterocycles. The molecule has 0 atom stereocenters. The van der Waals surface area contributed by atoms with Gasteiger partial charge in [0.25, 0.3) is 5.91 Å². The summed E-state index contributed by atoms with van der Waals surface area (Å²) in [7, 11) is -1.24. The molecule has 3 heterocycles. The minimum Gasteiger partial charge on any atom is -0.481 e. The van der Waals surface area contributed by atoms with Crippen molar-refractivity contribution in [2.24, 2.45) is 0 Å². The molecule has 0 radical (unpaired) electrons. The van der Waals surface area contributed by atoms with Crippen molar-refractivity contribution >= 4 is 21.6 Å². The Labute approximate surface area is 162 Å². The predicted molar refractivity (Wildman–Crippen MR) is 103 cm³/mol. The summed E-state index contributed by atoms with van der Waals surface area (Å²) in [5.74, 6) is -0.0234. The Balaban J connectivity index is 2.02. The molecule has 1 amide bonds. The SMILES string of the molecule is COc1ccc(N(C(=O)c2ccc(-n3cccc3)nc2)S(C)(=O)=O)c(OC)n1. The molecule has 0 aliphatic carbocycles. The lowest BCUT2D eigenvalue weighted by atomic mass is 10.2. The molecule has 0 aromatic carbocycles. The quantitative estimate of drug-likeness (QED) is 0.620. The minimum atomic E-state index is -3.98. The number of methoxy groups -OCH3 is 2. The van der Waals surface area contributed by atoms with E-state index in [0.29, 0.717) is 10.1 Å². The zero-order chi connectivity index (χ0) is 20.3. The summed E-state index contributed by atoms with van der Waals surface area (Å²) in [4.78, 5) is 21.3. The lowest BCUT2D eigenvalue weighted by Crippen LogP contribution is -2.36. The number of nitrogens with zero attached hydrogens (tertiary/aromatic N) is 4. The Morgan fingerprint density at radius 1 is 1.07 bits per heavy atom. The molecule has 3 aromatic rings. The summed E-state index contributed by atoms with van der Waals surface area (Å²) in [5, 5.41) is 0. The van der Waals surface area contributed by atoms with Crippen LogP contribution in [0.3, 0.4) is 0 Å². The third kappa shape index (κ3) is 3.81. The second kappa shape index (κ2) is 7.69. The van der Waals surface area contributed by atoms with Gasteiger partial charge in [-0.05, 0) is 30.3 Å². The first-order chi connectivity index (χ1) is 13.3. The normalized spacial score (nSPS) is 11.1. The van der Waals surface area contributed by atoms with E-state index in [0.717, 1.165) is 6.26 Å². The van der Waals surface area contributed by atoms with E-state index in [4.69, 9.17) is 9.47 Å². The van der Waals surface area contributed by atoms with Crippen LogP contribution < -0.4 is 13.8 Å². The number of pyridine rings is 2. The fourth-order valence-corrected chi connectivity index (χ4v) is 3.45. The molecule has 146 valence electrons. The molecule has 0 unspecified atom stereocenters. The van der Waals surface area contributed by atoms with E-state index in [1.807, 2.05) is 12.1 Å². The van der Waals surface area contributed by atoms with Crippen molar-refractivity contribution in [2.75, 3.05) is 24.8 Å². The van der Waals surface area contributed by atoms with E-state index in [9.17, 15) is 13.2 Å². The second-order valence-electron chi connectivity index (χ2n) is 5.71. The smallest absolute Gasteiger partial charge is 0.273 e. The average Bonchev–Trinajstić information content (AvgIpc) is 3.22. The van der Waals surface area contributed by atoms with Crippen LogP contribution in [-0.2, 0) is 10.0 Å². The molecule has 0 fully saturated rings. The van der Waals surface area contributed by atoms with Crippen molar-refractivity contribution in [2.45, 2.75) is 0 Å². The van der Waals surface area contributed by atoms with Gasteiger partial charge in [0.15, 0.2) is 0 Å². The number of carbonyl (C=O) groups is 1. The fraction of sp³-hybridized carbons (Fsp3) is 0.167. The van der Waals surface area contributed by atoms with E-state index in [1.54, 1.807) is 23.0 Å². The first-order valence-electron chi connectivity index (χ1n) is 8.08. The maximum atomic E-state index is 13.0. The number of hydrogen-bond donors (Lipinski definition) is 0. The average molecular weight is 402 g/mol. The molecule has 0 bridgehead atoms. The third-order valence-electron chi connectivity index (χ3n) is 3.82. The highest BCUT2D eigenvalue weighted by atomic mass is 32.2. The van der Waals surface area contributed by atoms with E-state index in [-0.39, 0.29) is 23.0 Å². The lowest BCUT2D eigenvalue weighted by molar-refractivity contribution is 0.100. The Bertz CT molecular complexity index is 1080. The van der Waals surface area contributed by atoms with Gasteiger partial charge in [0.2, 0.25) is 21.8 Å². The van der Waals surface area contributed by atoms with E-state index < -0.39 is 15.9 Å². The number of rotatable bonds is 6. The van der Waals surface area contributed by atoms with Gasteiger partial charge in [-0.2, -0.15) is 9.29 Å². The van der Waals surface area contributed by atoms with E-state index >= 15 is 0 Å². The number of amides is 1. The Morgan fingerprint density at radius 3 is 2.32 bits per heavy atom. The van der Waals surface area contributed by atoms with Crippen molar-refractivity contribution in [3.8, 4) is 17.6 Å². The number of anilines is 1. The molecule has 10 heteroatoms. The van der Waals surface area contributed by atoms with Gasteiger partial charge < -0.3 is 14.0 Å². The largest absolute Gasteiger partial charge is 0.481 e. The molecule has 0 aliphatic rings. The molecular weight excluding hydrogens is 384 g/mol. The van der Waals surface area contributed by atoms with Gasteiger partial charge in [-0.25, -0.2) is 13.4 Å². The number of carbonyl (C=O) groups excluding carboxylic acids is 1. The minimum absolute atomic E-state index is 0.0229. The van der Waals surface area contributed by atoms with Gasteiger partial charge in [-0.3, -0.25) is 4.79 Å². The summed E-state index contributed by atoms with van der Waals surface area (Å²) in [6.07, 6.45) is 5.86. The maximum Gasteiger partial charge on any atom is 0.273 e. The van der Waals surface area contributed by atoms with Crippen LogP contribution in [-0.4, -0.2) is 49.3 Å². The van der Waals surface area contributed by atoms with Crippen LogP contribution in [0.25, 0.3) is 5.82 Å². The Morgan fingerprint density at radius 2 is 1.79 bits per heavy atom. The van der Waals surface area contributed by atoms with Gasteiger partial charge in [0.1, 0.15) is 11.5 Å².